The van der Waals surface area contributed by atoms with Crippen LogP contribution in [0, 0.1) is 5.82 Å². The zero-order valence-electron chi connectivity index (χ0n) is 19.6. The minimum atomic E-state index is -0.801. The van der Waals surface area contributed by atoms with E-state index in [2.05, 4.69) is 4.98 Å². The maximum absolute atomic E-state index is 15.0. The number of anilines is 1. The SMILES string of the molecule is CCOC(=O)c1cn(Cc2ccc(OC)cc2OC)c2nc(N(CC)CCO)c(F)cc2c1=O. The summed E-state index contributed by atoms with van der Waals surface area (Å²) in [6, 6.07) is 6.34. The molecule has 0 saturated heterocycles. The number of carbonyl (C=O) groups is 1. The van der Waals surface area contributed by atoms with Crippen molar-refractivity contribution in [3.8, 4) is 11.5 Å². The predicted molar refractivity (Wildman–Crippen MR) is 126 cm³/mol. The normalized spacial score (nSPS) is 10.9. The summed E-state index contributed by atoms with van der Waals surface area (Å²) in [5.41, 5.74) is 0.00943. The lowest BCUT2D eigenvalue weighted by molar-refractivity contribution is 0.0524. The van der Waals surface area contributed by atoms with Crippen molar-refractivity contribution in [2.24, 2.45) is 0 Å². The number of esters is 1. The van der Waals surface area contributed by atoms with E-state index < -0.39 is 17.2 Å². The average Bonchev–Trinajstić information content (AvgIpc) is 2.84. The molecule has 10 heteroatoms. The first-order valence-electron chi connectivity index (χ1n) is 10.9. The Kier molecular flexibility index (Phi) is 8.06. The van der Waals surface area contributed by atoms with E-state index in [1.165, 1.54) is 13.3 Å². The fourth-order valence-corrected chi connectivity index (χ4v) is 3.67. The van der Waals surface area contributed by atoms with Gasteiger partial charge in [-0.15, -0.1) is 0 Å². The van der Waals surface area contributed by atoms with Crippen LogP contribution in [0.4, 0.5) is 10.2 Å². The highest BCUT2D eigenvalue weighted by Gasteiger charge is 2.22. The molecule has 0 aliphatic carbocycles. The number of benzene rings is 1. The number of aromatic nitrogens is 2. The Bertz CT molecular complexity index is 1240. The monoisotopic (exact) mass is 473 g/mol. The summed E-state index contributed by atoms with van der Waals surface area (Å²) in [6.07, 6.45) is 1.36. The van der Waals surface area contributed by atoms with E-state index >= 15 is 4.39 Å². The molecule has 0 fully saturated rings. The molecule has 9 nitrogen and oxygen atoms in total. The maximum atomic E-state index is 15.0. The number of nitrogens with zero attached hydrogens (tertiary/aromatic N) is 3. The van der Waals surface area contributed by atoms with E-state index in [4.69, 9.17) is 14.2 Å². The van der Waals surface area contributed by atoms with E-state index in [0.29, 0.717) is 18.0 Å². The average molecular weight is 474 g/mol. The van der Waals surface area contributed by atoms with Gasteiger partial charge in [0.25, 0.3) is 0 Å². The van der Waals surface area contributed by atoms with Crippen molar-refractivity contribution >= 4 is 22.8 Å². The van der Waals surface area contributed by atoms with Gasteiger partial charge in [-0.3, -0.25) is 4.79 Å². The molecule has 0 aliphatic rings. The molecule has 0 unspecified atom stereocenters. The molecule has 1 N–H and O–H groups in total. The number of hydrogen-bond donors (Lipinski definition) is 1. The lowest BCUT2D eigenvalue weighted by atomic mass is 10.1. The Hall–Kier alpha value is -3.66. The Morgan fingerprint density at radius 2 is 1.97 bits per heavy atom. The lowest BCUT2D eigenvalue weighted by Gasteiger charge is -2.22. The van der Waals surface area contributed by atoms with Gasteiger partial charge in [-0.2, -0.15) is 0 Å². The second-order valence-corrected chi connectivity index (χ2v) is 7.37. The van der Waals surface area contributed by atoms with Gasteiger partial charge in [0, 0.05) is 30.9 Å². The number of carbonyl (C=O) groups excluding carboxylic acids is 1. The van der Waals surface area contributed by atoms with Crippen molar-refractivity contribution in [1.82, 2.24) is 9.55 Å². The topological polar surface area (TPSA) is 103 Å². The van der Waals surface area contributed by atoms with Crippen LogP contribution < -0.4 is 19.8 Å². The number of pyridine rings is 2. The Morgan fingerprint density at radius 1 is 1.21 bits per heavy atom. The van der Waals surface area contributed by atoms with Crippen LogP contribution in [0.2, 0.25) is 0 Å². The van der Waals surface area contributed by atoms with Crippen molar-refractivity contribution in [2.45, 2.75) is 20.4 Å². The predicted octanol–water partition coefficient (Wildman–Crippen LogP) is 2.60. The van der Waals surface area contributed by atoms with E-state index in [1.54, 1.807) is 48.6 Å². The second kappa shape index (κ2) is 11.0. The van der Waals surface area contributed by atoms with E-state index in [0.717, 1.165) is 11.6 Å². The third-order valence-electron chi connectivity index (χ3n) is 5.37. The number of aliphatic hydroxyl groups excluding tert-OH is 1. The van der Waals surface area contributed by atoms with Gasteiger partial charge in [0.05, 0.1) is 39.4 Å². The number of methoxy groups -OCH3 is 2. The molecule has 182 valence electrons. The molecule has 0 saturated carbocycles. The standard InChI is InChI=1S/C24H28FN3O6/c1-5-27(9-10-29)23-19(25)12-17-21(30)18(24(31)34-6-2)14-28(22(17)26-23)13-15-7-8-16(32-3)11-20(15)33-4/h7-8,11-12,14,29H,5-6,9-10,13H2,1-4H3. The highest BCUT2D eigenvalue weighted by atomic mass is 19.1. The van der Waals surface area contributed by atoms with Crippen LogP contribution >= 0.6 is 0 Å². The first-order chi connectivity index (χ1) is 16.4. The number of likely N-dealkylation sites (N-methyl/N-ethyl adjacent to an activating group) is 1. The Labute approximate surface area is 196 Å². The highest BCUT2D eigenvalue weighted by molar-refractivity contribution is 5.93. The van der Waals surface area contributed by atoms with Crippen LogP contribution in [0.1, 0.15) is 29.8 Å². The number of fused-ring (bicyclic) bond motifs is 1. The number of rotatable bonds is 10. The van der Waals surface area contributed by atoms with Crippen LogP contribution in [-0.2, 0) is 11.3 Å². The molecule has 0 aliphatic heterocycles. The van der Waals surface area contributed by atoms with Crippen LogP contribution in [-0.4, -0.2) is 61.1 Å². The Morgan fingerprint density at radius 3 is 2.59 bits per heavy atom. The summed E-state index contributed by atoms with van der Waals surface area (Å²) in [7, 11) is 3.06. The molecule has 3 rings (SSSR count). The minimum absolute atomic E-state index is 0.00257. The number of hydrogen-bond acceptors (Lipinski definition) is 8. The van der Waals surface area contributed by atoms with Crippen LogP contribution in [0.5, 0.6) is 11.5 Å². The third kappa shape index (κ3) is 4.96. The summed E-state index contributed by atoms with van der Waals surface area (Å²) in [5.74, 6) is -0.397. The van der Waals surface area contributed by atoms with E-state index in [9.17, 15) is 14.7 Å². The van der Waals surface area contributed by atoms with Gasteiger partial charge in [-0.05, 0) is 32.0 Å². The van der Waals surface area contributed by atoms with Crippen molar-refractivity contribution in [2.75, 3.05) is 45.4 Å². The lowest BCUT2D eigenvalue weighted by Crippen LogP contribution is -2.29. The maximum Gasteiger partial charge on any atom is 0.343 e. The summed E-state index contributed by atoms with van der Waals surface area (Å²) < 4.78 is 32.4. The molecule has 3 aromatic rings. The molecule has 2 aromatic heterocycles. The molecule has 0 atom stereocenters. The van der Waals surface area contributed by atoms with Crippen molar-refractivity contribution in [3.05, 3.63) is 57.6 Å². The summed E-state index contributed by atoms with van der Waals surface area (Å²) in [5, 5.41) is 9.30. The molecule has 1 aromatic carbocycles. The largest absolute Gasteiger partial charge is 0.497 e. The van der Waals surface area contributed by atoms with Gasteiger partial charge in [0.15, 0.2) is 11.6 Å². The van der Waals surface area contributed by atoms with E-state index in [-0.39, 0.29) is 48.7 Å². The fraction of sp³-hybridized carbons (Fsp3) is 0.375. The molecule has 0 spiro atoms. The molecule has 2 heterocycles. The first-order valence-corrected chi connectivity index (χ1v) is 10.9. The van der Waals surface area contributed by atoms with Gasteiger partial charge < -0.3 is 28.8 Å². The first kappa shape index (κ1) is 25.0. The highest BCUT2D eigenvalue weighted by Crippen LogP contribution is 2.27. The van der Waals surface area contributed by atoms with Crippen LogP contribution in [0.15, 0.2) is 35.3 Å². The molecular weight excluding hydrogens is 445 g/mol. The van der Waals surface area contributed by atoms with Crippen LogP contribution in [0.3, 0.4) is 0 Å². The zero-order chi connectivity index (χ0) is 24.8. The van der Waals surface area contributed by atoms with Crippen molar-refractivity contribution in [3.63, 3.8) is 0 Å². The van der Waals surface area contributed by atoms with Gasteiger partial charge in [-0.1, -0.05) is 0 Å². The smallest absolute Gasteiger partial charge is 0.343 e. The van der Waals surface area contributed by atoms with E-state index in [1.807, 2.05) is 0 Å². The summed E-state index contributed by atoms with van der Waals surface area (Å²) in [4.78, 5) is 31.6. The number of ether oxygens (including phenoxy) is 3. The molecular formula is C24H28FN3O6. The fourth-order valence-electron chi connectivity index (χ4n) is 3.67. The van der Waals surface area contributed by atoms with Gasteiger partial charge >= 0.3 is 5.97 Å². The summed E-state index contributed by atoms with van der Waals surface area (Å²) >= 11 is 0. The van der Waals surface area contributed by atoms with Crippen LogP contribution in [0.25, 0.3) is 11.0 Å². The Balaban J connectivity index is 2.27. The van der Waals surface area contributed by atoms with Crippen molar-refractivity contribution < 1.29 is 28.5 Å². The molecule has 34 heavy (non-hydrogen) atoms. The van der Waals surface area contributed by atoms with Gasteiger partial charge in [0.1, 0.15) is 22.7 Å². The third-order valence-corrected chi connectivity index (χ3v) is 5.37. The molecule has 0 radical (unpaired) electrons. The molecule has 0 bridgehead atoms. The van der Waals surface area contributed by atoms with Gasteiger partial charge in [0.2, 0.25) is 5.43 Å². The quantitative estimate of drug-likeness (QED) is 0.448. The minimum Gasteiger partial charge on any atom is -0.497 e. The number of halogens is 1. The number of aliphatic hydroxyl groups is 1. The summed E-state index contributed by atoms with van der Waals surface area (Å²) in [6.45, 7) is 4.07. The molecule has 0 amide bonds. The zero-order valence-corrected chi connectivity index (χ0v) is 19.6. The van der Waals surface area contributed by atoms with Gasteiger partial charge in [-0.25, -0.2) is 14.2 Å². The second-order valence-electron chi connectivity index (χ2n) is 7.37. The van der Waals surface area contributed by atoms with Crippen molar-refractivity contribution in [1.29, 1.82) is 0 Å².